The second kappa shape index (κ2) is 6.70. The normalized spacial score (nSPS) is 11.5. The topological polar surface area (TPSA) is 77.2 Å². The molecular weight excluding hydrogens is 282 g/mol. The summed E-state index contributed by atoms with van der Waals surface area (Å²) in [6, 6.07) is 7.29. The highest BCUT2D eigenvalue weighted by Gasteiger charge is 2.21. The van der Waals surface area contributed by atoms with Crippen LogP contribution in [0.25, 0.3) is 0 Å². The van der Waals surface area contributed by atoms with Crippen LogP contribution in [0.15, 0.2) is 28.8 Å². The maximum atomic E-state index is 12.1. The number of methoxy groups -OCH3 is 1. The maximum absolute atomic E-state index is 12.1. The zero-order chi connectivity index (χ0) is 16.2. The first kappa shape index (κ1) is 16.2. The molecule has 6 nitrogen and oxygen atoms in total. The lowest BCUT2D eigenvalue weighted by Crippen LogP contribution is -2.23. The smallest absolute Gasteiger partial charge is 0.251 e. The zero-order valence-electron chi connectivity index (χ0n) is 13.3. The molecule has 1 aromatic heterocycles. The molecule has 0 atom stereocenters. The summed E-state index contributed by atoms with van der Waals surface area (Å²) >= 11 is 0. The number of nitrogens with one attached hydrogen (secondary N) is 1. The predicted octanol–water partition coefficient (Wildman–Crippen LogP) is 2.44. The molecule has 6 heteroatoms. The average Bonchev–Trinajstić information content (AvgIpc) is 2.94. The van der Waals surface area contributed by atoms with Gasteiger partial charge in [0.2, 0.25) is 5.89 Å². The number of carbonyl (C=O) groups excluding carboxylic acids is 1. The molecule has 22 heavy (non-hydrogen) atoms. The van der Waals surface area contributed by atoms with Crippen molar-refractivity contribution in [3.05, 3.63) is 47.1 Å². The minimum Gasteiger partial charge on any atom is -0.380 e. The molecule has 0 aliphatic heterocycles. The quantitative estimate of drug-likeness (QED) is 0.918. The largest absolute Gasteiger partial charge is 0.380 e. The standard InChI is InChI=1S/C16H21N3O3/c1-16(2,3)15-18-13(22-19-15)9-17-14(20)12-7-5-6-11(8-12)10-21-4/h5-8H,9-10H2,1-4H3,(H,17,20). The van der Waals surface area contributed by atoms with Gasteiger partial charge in [-0.1, -0.05) is 38.1 Å². The molecule has 118 valence electrons. The third-order valence-electron chi connectivity index (χ3n) is 3.04. The van der Waals surface area contributed by atoms with Crippen LogP contribution in [0.1, 0.15) is 48.4 Å². The number of hydrogen-bond acceptors (Lipinski definition) is 5. The summed E-state index contributed by atoms with van der Waals surface area (Å²) in [7, 11) is 1.62. The van der Waals surface area contributed by atoms with E-state index in [9.17, 15) is 4.79 Å². The molecule has 1 aromatic carbocycles. The van der Waals surface area contributed by atoms with Crippen LogP contribution in [0.2, 0.25) is 0 Å². The summed E-state index contributed by atoms with van der Waals surface area (Å²) in [5, 5.41) is 6.70. The van der Waals surface area contributed by atoms with Gasteiger partial charge in [-0.3, -0.25) is 4.79 Å². The van der Waals surface area contributed by atoms with Gasteiger partial charge in [-0.05, 0) is 17.7 Å². The van der Waals surface area contributed by atoms with Crippen LogP contribution in [0.4, 0.5) is 0 Å². The lowest BCUT2D eigenvalue weighted by molar-refractivity contribution is 0.0946. The molecule has 1 amide bonds. The molecule has 0 saturated heterocycles. The highest BCUT2D eigenvalue weighted by molar-refractivity contribution is 5.94. The van der Waals surface area contributed by atoms with E-state index < -0.39 is 0 Å². The van der Waals surface area contributed by atoms with Gasteiger partial charge < -0.3 is 14.6 Å². The van der Waals surface area contributed by atoms with Gasteiger partial charge in [-0.25, -0.2) is 0 Å². The highest BCUT2D eigenvalue weighted by atomic mass is 16.5. The van der Waals surface area contributed by atoms with Crippen LogP contribution < -0.4 is 5.32 Å². The Labute approximate surface area is 129 Å². The van der Waals surface area contributed by atoms with E-state index in [1.54, 1.807) is 19.2 Å². The lowest BCUT2D eigenvalue weighted by atomic mass is 9.96. The monoisotopic (exact) mass is 303 g/mol. The third-order valence-corrected chi connectivity index (χ3v) is 3.04. The van der Waals surface area contributed by atoms with E-state index in [4.69, 9.17) is 9.26 Å². The van der Waals surface area contributed by atoms with Gasteiger partial charge in [0, 0.05) is 18.1 Å². The van der Waals surface area contributed by atoms with Crippen molar-refractivity contribution in [2.75, 3.05) is 7.11 Å². The van der Waals surface area contributed by atoms with Gasteiger partial charge in [0.25, 0.3) is 5.91 Å². The number of benzene rings is 1. The first-order valence-corrected chi connectivity index (χ1v) is 7.09. The third kappa shape index (κ3) is 4.14. The van der Waals surface area contributed by atoms with E-state index in [0.717, 1.165) is 5.56 Å². The lowest BCUT2D eigenvalue weighted by Gasteiger charge is -2.10. The Morgan fingerprint density at radius 3 is 2.77 bits per heavy atom. The fourth-order valence-corrected chi connectivity index (χ4v) is 1.86. The molecule has 0 unspecified atom stereocenters. The summed E-state index contributed by atoms with van der Waals surface area (Å²) in [5.74, 6) is 0.832. The number of carbonyl (C=O) groups is 1. The molecule has 0 bridgehead atoms. The predicted molar refractivity (Wildman–Crippen MR) is 81.3 cm³/mol. The van der Waals surface area contributed by atoms with E-state index in [2.05, 4.69) is 15.5 Å². The zero-order valence-corrected chi connectivity index (χ0v) is 13.3. The van der Waals surface area contributed by atoms with Gasteiger partial charge >= 0.3 is 0 Å². The average molecular weight is 303 g/mol. The molecule has 0 spiro atoms. The summed E-state index contributed by atoms with van der Waals surface area (Å²) in [5.41, 5.74) is 1.34. The SMILES string of the molecule is COCc1cccc(C(=O)NCc2nc(C(C)(C)C)no2)c1. The minimum atomic E-state index is -0.187. The van der Waals surface area contributed by atoms with Crippen molar-refractivity contribution in [2.45, 2.75) is 39.3 Å². The molecule has 2 rings (SSSR count). The van der Waals surface area contributed by atoms with Crippen molar-refractivity contribution in [2.24, 2.45) is 0 Å². The van der Waals surface area contributed by atoms with E-state index in [1.807, 2.05) is 32.9 Å². The van der Waals surface area contributed by atoms with Crippen LogP contribution in [0.3, 0.4) is 0 Å². The fourth-order valence-electron chi connectivity index (χ4n) is 1.86. The van der Waals surface area contributed by atoms with E-state index in [1.165, 1.54) is 0 Å². The number of aromatic nitrogens is 2. The Balaban J connectivity index is 1.98. The summed E-state index contributed by atoms with van der Waals surface area (Å²) in [6.45, 7) is 6.68. The first-order chi connectivity index (χ1) is 10.4. The van der Waals surface area contributed by atoms with Crippen molar-refractivity contribution in [1.29, 1.82) is 0 Å². The molecule has 2 aromatic rings. The first-order valence-electron chi connectivity index (χ1n) is 7.09. The Kier molecular flexibility index (Phi) is 4.92. The summed E-state index contributed by atoms with van der Waals surface area (Å²) in [6.07, 6.45) is 0. The molecule has 0 saturated carbocycles. The fraction of sp³-hybridized carbons (Fsp3) is 0.438. The van der Waals surface area contributed by atoms with Crippen molar-refractivity contribution < 1.29 is 14.1 Å². The van der Waals surface area contributed by atoms with Gasteiger partial charge in [-0.2, -0.15) is 4.98 Å². The number of hydrogen-bond donors (Lipinski definition) is 1. The molecule has 0 fully saturated rings. The molecular formula is C16H21N3O3. The second-order valence-corrected chi connectivity index (χ2v) is 6.08. The number of amides is 1. The maximum Gasteiger partial charge on any atom is 0.251 e. The molecule has 1 N–H and O–H groups in total. The number of rotatable bonds is 5. The van der Waals surface area contributed by atoms with Crippen molar-refractivity contribution in [3.63, 3.8) is 0 Å². The van der Waals surface area contributed by atoms with Crippen molar-refractivity contribution in [1.82, 2.24) is 15.5 Å². The molecule has 0 aliphatic rings. The van der Waals surface area contributed by atoms with E-state index in [-0.39, 0.29) is 17.9 Å². The summed E-state index contributed by atoms with van der Waals surface area (Å²) < 4.78 is 10.2. The number of nitrogens with zero attached hydrogens (tertiary/aromatic N) is 2. The van der Waals surface area contributed by atoms with Crippen LogP contribution in [-0.4, -0.2) is 23.2 Å². The Morgan fingerprint density at radius 1 is 1.36 bits per heavy atom. The second-order valence-electron chi connectivity index (χ2n) is 6.08. The van der Waals surface area contributed by atoms with Crippen LogP contribution in [0.5, 0.6) is 0 Å². The molecule has 0 radical (unpaired) electrons. The van der Waals surface area contributed by atoms with Crippen LogP contribution in [0, 0.1) is 0 Å². The molecule has 1 heterocycles. The minimum absolute atomic E-state index is 0.180. The highest BCUT2D eigenvalue weighted by Crippen LogP contribution is 2.18. The Bertz CT molecular complexity index is 644. The van der Waals surface area contributed by atoms with Gasteiger partial charge in [-0.15, -0.1) is 0 Å². The van der Waals surface area contributed by atoms with Crippen LogP contribution >= 0.6 is 0 Å². The Morgan fingerprint density at radius 2 is 2.14 bits per heavy atom. The van der Waals surface area contributed by atoms with Crippen molar-refractivity contribution in [3.8, 4) is 0 Å². The van der Waals surface area contributed by atoms with E-state index in [0.29, 0.717) is 23.9 Å². The number of ether oxygens (including phenoxy) is 1. The van der Waals surface area contributed by atoms with Gasteiger partial charge in [0.1, 0.15) is 0 Å². The van der Waals surface area contributed by atoms with E-state index >= 15 is 0 Å². The van der Waals surface area contributed by atoms with Crippen molar-refractivity contribution >= 4 is 5.91 Å². The summed E-state index contributed by atoms with van der Waals surface area (Å²) in [4.78, 5) is 16.4. The van der Waals surface area contributed by atoms with Gasteiger partial charge in [0.15, 0.2) is 5.82 Å². The van der Waals surface area contributed by atoms with Gasteiger partial charge in [0.05, 0.1) is 13.2 Å². The van der Waals surface area contributed by atoms with Crippen LogP contribution in [-0.2, 0) is 23.3 Å². The Hall–Kier alpha value is -2.21. The molecule has 0 aliphatic carbocycles.